The van der Waals surface area contributed by atoms with E-state index in [0.717, 1.165) is 0 Å². The lowest BCUT2D eigenvalue weighted by atomic mass is 10.2. The Morgan fingerprint density at radius 3 is 2.18 bits per heavy atom. The van der Waals surface area contributed by atoms with E-state index in [2.05, 4.69) is 10.0 Å². The molecule has 0 saturated carbocycles. The van der Waals surface area contributed by atoms with Crippen molar-refractivity contribution in [3.05, 3.63) is 20.4 Å². The molecule has 60 valence electrons. The molecule has 11 heavy (non-hydrogen) atoms. The lowest BCUT2D eigenvalue weighted by Gasteiger charge is -2.09. The van der Waals surface area contributed by atoms with E-state index in [1.807, 2.05) is 0 Å². The van der Waals surface area contributed by atoms with E-state index < -0.39 is 10.9 Å². The summed E-state index contributed by atoms with van der Waals surface area (Å²) in [5, 5.41) is 2.65. The molecule has 0 aliphatic rings. The van der Waals surface area contributed by atoms with E-state index in [9.17, 15) is 9.59 Å². The molecule has 0 spiro atoms. The first-order valence-corrected chi connectivity index (χ1v) is 4.25. The van der Waals surface area contributed by atoms with Crippen LogP contribution in [0.4, 0.5) is 11.4 Å². The molecule has 5 heteroatoms. The van der Waals surface area contributed by atoms with Gasteiger partial charge in [-0.2, -0.15) is 0 Å². The van der Waals surface area contributed by atoms with Crippen molar-refractivity contribution in [1.29, 1.82) is 0 Å². The lowest BCUT2D eigenvalue weighted by Crippen LogP contribution is -2.35. The van der Waals surface area contributed by atoms with Gasteiger partial charge in [-0.05, 0) is 0 Å². The van der Waals surface area contributed by atoms with E-state index in [0.29, 0.717) is 11.4 Å². The summed E-state index contributed by atoms with van der Waals surface area (Å²) in [6, 6.07) is 0. The van der Waals surface area contributed by atoms with Gasteiger partial charge in [-0.15, -0.1) is 0 Å². The molecule has 0 heterocycles. The van der Waals surface area contributed by atoms with Crippen LogP contribution in [0.15, 0.2) is 9.59 Å². The van der Waals surface area contributed by atoms with E-state index in [1.54, 1.807) is 13.3 Å². The third-order valence-corrected chi connectivity index (χ3v) is 1.77. The third-order valence-electron chi connectivity index (χ3n) is 1.36. The average molecular weight is 172 g/mol. The zero-order chi connectivity index (χ0) is 8.43. The van der Waals surface area contributed by atoms with Crippen LogP contribution in [0.1, 0.15) is 0 Å². The number of anilines is 2. The van der Waals surface area contributed by atoms with Crippen LogP contribution in [-0.2, 0) is 0 Å². The zero-order valence-electron chi connectivity index (χ0n) is 6.22. The third kappa shape index (κ3) is 1.11. The molecular weight excluding hydrogens is 164 g/mol. The smallest absolute Gasteiger partial charge is 0.254 e. The highest BCUT2D eigenvalue weighted by Gasteiger charge is 2.18. The molecule has 0 saturated heterocycles. The highest BCUT2D eigenvalue weighted by molar-refractivity contribution is 7.99. The Kier molecular flexibility index (Phi) is 2.19. The number of hydrogen-bond donors (Lipinski definition) is 2. The van der Waals surface area contributed by atoms with Crippen LogP contribution in [0.25, 0.3) is 0 Å². The Bertz CT molecular complexity index is 327. The summed E-state index contributed by atoms with van der Waals surface area (Å²) in [5.41, 5.74) is -0.123. The van der Waals surface area contributed by atoms with Gasteiger partial charge in [-0.1, -0.05) is 11.9 Å². The number of rotatable bonds is 3. The van der Waals surface area contributed by atoms with Crippen LogP contribution < -0.4 is 20.9 Å². The Hall–Kier alpha value is -0.970. The minimum atomic E-state index is -0.441. The SMILES string of the molecule is CNc1c(NSC)c(=O)c1=O. The fourth-order valence-electron chi connectivity index (χ4n) is 0.830. The molecule has 1 aromatic rings. The molecule has 0 amide bonds. The Balaban J connectivity index is 2.98. The van der Waals surface area contributed by atoms with Gasteiger partial charge in [0.25, 0.3) is 10.9 Å². The van der Waals surface area contributed by atoms with E-state index >= 15 is 0 Å². The largest absolute Gasteiger partial charge is 0.383 e. The van der Waals surface area contributed by atoms with Crippen molar-refractivity contribution in [3.63, 3.8) is 0 Å². The molecule has 4 nitrogen and oxygen atoms in total. The first-order chi connectivity index (χ1) is 5.22. The highest BCUT2D eigenvalue weighted by Crippen LogP contribution is 2.15. The predicted molar refractivity (Wildman–Crippen MR) is 48.0 cm³/mol. The van der Waals surface area contributed by atoms with E-state index in [-0.39, 0.29) is 0 Å². The van der Waals surface area contributed by atoms with Crippen molar-refractivity contribution in [1.82, 2.24) is 0 Å². The fourth-order valence-corrected chi connectivity index (χ4v) is 1.23. The second kappa shape index (κ2) is 2.96. The van der Waals surface area contributed by atoms with Crippen molar-refractivity contribution in [2.75, 3.05) is 23.3 Å². The summed E-state index contributed by atoms with van der Waals surface area (Å²) in [5.74, 6) is 0. The molecule has 2 N–H and O–H groups in total. The summed E-state index contributed by atoms with van der Waals surface area (Å²) in [6.45, 7) is 0. The van der Waals surface area contributed by atoms with Crippen molar-refractivity contribution in [3.8, 4) is 0 Å². The summed E-state index contributed by atoms with van der Waals surface area (Å²) in [4.78, 5) is 21.6. The van der Waals surface area contributed by atoms with Crippen LogP contribution in [0.5, 0.6) is 0 Å². The summed E-state index contributed by atoms with van der Waals surface area (Å²) < 4.78 is 2.73. The number of hydrogen-bond acceptors (Lipinski definition) is 5. The van der Waals surface area contributed by atoms with Gasteiger partial charge in [0.05, 0.1) is 0 Å². The lowest BCUT2D eigenvalue weighted by molar-refractivity contribution is 1.36. The summed E-state index contributed by atoms with van der Waals surface area (Å²) in [7, 11) is 1.61. The first-order valence-electron chi connectivity index (χ1n) is 3.02. The maximum Gasteiger partial charge on any atom is 0.254 e. The van der Waals surface area contributed by atoms with Crippen LogP contribution in [-0.4, -0.2) is 13.3 Å². The molecule has 0 fully saturated rings. The molecule has 0 radical (unpaired) electrons. The van der Waals surface area contributed by atoms with Gasteiger partial charge in [-0.25, -0.2) is 0 Å². The Labute approximate surface area is 67.8 Å². The fraction of sp³-hybridized carbons (Fsp3) is 0.333. The zero-order valence-corrected chi connectivity index (χ0v) is 7.04. The van der Waals surface area contributed by atoms with Crippen LogP contribution in [0.3, 0.4) is 0 Å². The van der Waals surface area contributed by atoms with Crippen molar-refractivity contribution >= 4 is 23.3 Å². The van der Waals surface area contributed by atoms with Crippen LogP contribution in [0, 0.1) is 0 Å². The average Bonchev–Trinajstić information content (AvgIpc) is 2.04. The second-order valence-electron chi connectivity index (χ2n) is 1.96. The maximum atomic E-state index is 10.8. The monoisotopic (exact) mass is 172 g/mol. The van der Waals surface area contributed by atoms with Gasteiger partial charge in [0.2, 0.25) is 0 Å². The van der Waals surface area contributed by atoms with E-state index in [4.69, 9.17) is 0 Å². The molecule has 0 unspecified atom stereocenters. The molecule has 0 bridgehead atoms. The standard InChI is InChI=1S/C6H8N2O2S/c1-7-3-4(8-11-2)6(10)5(3)9/h7-8H,1-2H3. The molecule has 0 aromatic heterocycles. The van der Waals surface area contributed by atoms with E-state index in [1.165, 1.54) is 11.9 Å². The molecule has 0 atom stereocenters. The quantitative estimate of drug-likeness (QED) is 0.497. The summed E-state index contributed by atoms with van der Waals surface area (Å²) in [6.07, 6.45) is 1.79. The van der Waals surface area contributed by atoms with Gasteiger partial charge in [0, 0.05) is 13.3 Å². The van der Waals surface area contributed by atoms with Gasteiger partial charge in [0.15, 0.2) is 0 Å². The molecular formula is C6H8N2O2S. The van der Waals surface area contributed by atoms with Crippen LogP contribution in [0.2, 0.25) is 0 Å². The van der Waals surface area contributed by atoms with Crippen molar-refractivity contribution in [2.45, 2.75) is 0 Å². The van der Waals surface area contributed by atoms with Crippen LogP contribution >= 0.6 is 11.9 Å². The predicted octanol–water partition coefficient (Wildman–Crippen LogP) is 0.0142. The maximum absolute atomic E-state index is 10.8. The normalized spacial score (nSPS) is 10.0. The molecule has 0 aliphatic heterocycles. The van der Waals surface area contributed by atoms with Gasteiger partial charge < -0.3 is 10.0 Å². The molecule has 1 aromatic carbocycles. The van der Waals surface area contributed by atoms with Crippen molar-refractivity contribution in [2.24, 2.45) is 0 Å². The van der Waals surface area contributed by atoms with Gasteiger partial charge in [-0.3, -0.25) is 9.59 Å². The minimum Gasteiger partial charge on any atom is -0.383 e. The summed E-state index contributed by atoms with van der Waals surface area (Å²) >= 11 is 1.29. The second-order valence-corrected chi connectivity index (χ2v) is 2.58. The van der Waals surface area contributed by atoms with Crippen molar-refractivity contribution < 1.29 is 0 Å². The van der Waals surface area contributed by atoms with Gasteiger partial charge in [0.1, 0.15) is 11.4 Å². The Morgan fingerprint density at radius 2 is 1.73 bits per heavy atom. The number of nitrogens with one attached hydrogen (secondary N) is 2. The first kappa shape index (κ1) is 8.13. The Morgan fingerprint density at radius 1 is 1.18 bits per heavy atom. The molecule has 0 aliphatic carbocycles. The minimum absolute atomic E-state index is 0.379. The highest BCUT2D eigenvalue weighted by atomic mass is 32.2. The topological polar surface area (TPSA) is 58.2 Å². The van der Waals surface area contributed by atoms with Gasteiger partial charge >= 0.3 is 0 Å². The molecule has 1 rings (SSSR count).